The Morgan fingerprint density at radius 1 is 1.32 bits per heavy atom. The van der Waals surface area contributed by atoms with Gasteiger partial charge in [-0.15, -0.1) is 0 Å². The lowest BCUT2D eigenvalue weighted by atomic mass is 10.00. The molecular formula is C15H20ClN3. The Morgan fingerprint density at radius 3 is 2.53 bits per heavy atom. The van der Waals surface area contributed by atoms with E-state index in [1.807, 2.05) is 31.2 Å². The molecule has 3 N–H and O–H groups in total. The van der Waals surface area contributed by atoms with E-state index in [0.717, 1.165) is 34.2 Å². The van der Waals surface area contributed by atoms with E-state index in [4.69, 9.17) is 17.3 Å². The minimum absolute atomic E-state index is 0.0512. The lowest BCUT2D eigenvalue weighted by molar-refractivity contribution is 0.441. The fourth-order valence-electron chi connectivity index (χ4n) is 2.05. The number of halogens is 1. The number of rotatable bonds is 4. The Bertz CT molecular complexity index is 545. The number of aromatic amines is 1. The average molecular weight is 278 g/mol. The van der Waals surface area contributed by atoms with Gasteiger partial charge in [0.1, 0.15) is 5.82 Å². The van der Waals surface area contributed by atoms with Gasteiger partial charge in [0.05, 0.1) is 11.7 Å². The normalized spacial score (nSPS) is 14.4. The molecule has 3 nitrogen and oxygen atoms in total. The van der Waals surface area contributed by atoms with E-state index in [1.54, 1.807) is 0 Å². The molecule has 0 spiro atoms. The first-order valence-electron chi connectivity index (χ1n) is 6.61. The summed E-state index contributed by atoms with van der Waals surface area (Å²) in [4.78, 5) is 7.96. The number of nitrogens with two attached hydrogens (primary N) is 1. The first-order chi connectivity index (χ1) is 9.02. The van der Waals surface area contributed by atoms with Crippen molar-refractivity contribution in [1.82, 2.24) is 9.97 Å². The molecule has 102 valence electrons. The molecule has 0 aliphatic heterocycles. The van der Waals surface area contributed by atoms with Crippen LogP contribution in [0.3, 0.4) is 0 Å². The molecule has 0 aliphatic rings. The summed E-state index contributed by atoms with van der Waals surface area (Å²) in [5, 5.41) is 0.730. The number of nitrogens with one attached hydrogen (secondary N) is 1. The van der Waals surface area contributed by atoms with Gasteiger partial charge in [0.15, 0.2) is 0 Å². The fraction of sp³-hybridized carbons (Fsp3) is 0.400. The second-order valence-electron chi connectivity index (χ2n) is 5.01. The number of nitrogens with zero attached hydrogens (tertiary/aromatic N) is 1. The Balaban J connectivity index is 2.33. The molecule has 0 fully saturated rings. The number of aryl methyl sites for hydroxylation is 1. The predicted molar refractivity (Wildman–Crippen MR) is 80.2 cm³/mol. The third-order valence-corrected chi connectivity index (χ3v) is 3.85. The summed E-state index contributed by atoms with van der Waals surface area (Å²) in [6.07, 6.45) is 1.04. The summed E-state index contributed by atoms with van der Waals surface area (Å²) < 4.78 is 0. The quantitative estimate of drug-likeness (QED) is 0.884. The SMILES string of the molecule is CCC(C)C(N)c1nc(-c2ccc(Cl)cc2)c(C)[nH]1. The lowest BCUT2D eigenvalue weighted by Gasteiger charge is -2.15. The van der Waals surface area contributed by atoms with E-state index >= 15 is 0 Å². The van der Waals surface area contributed by atoms with Crippen molar-refractivity contribution in [3.63, 3.8) is 0 Å². The summed E-state index contributed by atoms with van der Waals surface area (Å²) in [6, 6.07) is 7.65. The summed E-state index contributed by atoms with van der Waals surface area (Å²) in [7, 11) is 0. The zero-order valence-corrected chi connectivity index (χ0v) is 12.3. The molecule has 0 radical (unpaired) electrons. The standard InChI is InChI=1S/C15H20ClN3/c1-4-9(2)13(17)15-18-10(3)14(19-15)11-5-7-12(16)8-6-11/h5-9,13H,4,17H2,1-3H3,(H,18,19). The largest absolute Gasteiger partial charge is 0.344 e. The van der Waals surface area contributed by atoms with Crippen LogP contribution in [0.1, 0.15) is 37.8 Å². The molecule has 2 unspecified atom stereocenters. The third-order valence-electron chi connectivity index (χ3n) is 3.59. The summed E-state index contributed by atoms with van der Waals surface area (Å²) in [5.41, 5.74) is 9.26. The highest BCUT2D eigenvalue weighted by atomic mass is 35.5. The molecule has 1 heterocycles. The van der Waals surface area contributed by atoms with Crippen LogP contribution in [0.4, 0.5) is 0 Å². The zero-order valence-electron chi connectivity index (χ0n) is 11.6. The highest BCUT2D eigenvalue weighted by Gasteiger charge is 2.18. The monoisotopic (exact) mass is 277 g/mol. The zero-order chi connectivity index (χ0) is 14.0. The number of hydrogen-bond donors (Lipinski definition) is 2. The van der Waals surface area contributed by atoms with Crippen LogP contribution in [0.15, 0.2) is 24.3 Å². The number of imidazole rings is 1. The first kappa shape index (κ1) is 14.1. The third kappa shape index (κ3) is 2.99. The van der Waals surface area contributed by atoms with Crippen LogP contribution in [0.25, 0.3) is 11.3 Å². The van der Waals surface area contributed by atoms with Gasteiger partial charge in [0, 0.05) is 16.3 Å². The highest BCUT2D eigenvalue weighted by molar-refractivity contribution is 6.30. The molecule has 1 aromatic heterocycles. The smallest absolute Gasteiger partial charge is 0.124 e. The average Bonchev–Trinajstić information content (AvgIpc) is 2.80. The summed E-state index contributed by atoms with van der Waals surface area (Å²) >= 11 is 5.91. The van der Waals surface area contributed by atoms with Crippen LogP contribution in [0.5, 0.6) is 0 Å². The second kappa shape index (κ2) is 5.76. The second-order valence-corrected chi connectivity index (χ2v) is 5.45. The van der Waals surface area contributed by atoms with Crippen molar-refractivity contribution in [2.75, 3.05) is 0 Å². The van der Waals surface area contributed by atoms with Crippen molar-refractivity contribution in [2.24, 2.45) is 11.7 Å². The Labute approximate surface area is 119 Å². The highest BCUT2D eigenvalue weighted by Crippen LogP contribution is 2.26. The molecule has 0 saturated carbocycles. The van der Waals surface area contributed by atoms with Gasteiger partial charge in [-0.05, 0) is 25.0 Å². The predicted octanol–water partition coefficient (Wildman–Crippen LogP) is 4.08. The maximum absolute atomic E-state index is 6.22. The van der Waals surface area contributed by atoms with E-state index < -0.39 is 0 Å². The maximum atomic E-state index is 6.22. The number of benzene rings is 1. The molecule has 0 amide bonds. The van der Waals surface area contributed by atoms with E-state index in [1.165, 1.54) is 0 Å². The fourth-order valence-corrected chi connectivity index (χ4v) is 2.18. The van der Waals surface area contributed by atoms with Crippen molar-refractivity contribution < 1.29 is 0 Å². The van der Waals surface area contributed by atoms with E-state index in [0.29, 0.717) is 5.92 Å². The van der Waals surface area contributed by atoms with Gasteiger partial charge in [-0.3, -0.25) is 0 Å². The molecular weight excluding hydrogens is 258 g/mol. The van der Waals surface area contributed by atoms with Crippen molar-refractivity contribution in [3.05, 3.63) is 40.8 Å². The maximum Gasteiger partial charge on any atom is 0.124 e. The molecule has 2 atom stereocenters. The van der Waals surface area contributed by atoms with Crippen LogP contribution in [0, 0.1) is 12.8 Å². The minimum atomic E-state index is -0.0512. The Morgan fingerprint density at radius 2 is 1.95 bits per heavy atom. The van der Waals surface area contributed by atoms with Crippen molar-refractivity contribution >= 4 is 11.6 Å². The molecule has 1 aromatic carbocycles. The van der Waals surface area contributed by atoms with Gasteiger partial charge >= 0.3 is 0 Å². The summed E-state index contributed by atoms with van der Waals surface area (Å²) in [5.74, 6) is 1.26. The Kier molecular flexibility index (Phi) is 4.27. The van der Waals surface area contributed by atoms with Crippen molar-refractivity contribution in [2.45, 2.75) is 33.2 Å². The molecule has 0 aliphatic carbocycles. The number of aromatic nitrogens is 2. The van der Waals surface area contributed by atoms with Gasteiger partial charge in [-0.25, -0.2) is 4.98 Å². The van der Waals surface area contributed by atoms with Gasteiger partial charge in [-0.2, -0.15) is 0 Å². The van der Waals surface area contributed by atoms with Gasteiger partial charge in [0.25, 0.3) is 0 Å². The molecule has 4 heteroatoms. The topological polar surface area (TPSA) is 54.7 Å². The Hall–Kier alpha value is -1.32. The van der Waals surface area contributed by atoms with Crippen LogP contribution in [-0.4, -0.2) is 9.97 Å². The number of hydrogen-bond acceptors (Lipinski definition) is 2. The van der Waals surface area contributed by atoms with Gasteiger partial charge < -0.3 is 10.7 Å². The van der Waals surface area contributed by atoms with Crippen molar-refractivity contribution in [3.8, 4) is 11.3 Å². The van der Waals surface area contributed by atoms with E-state index in [-0.39, 0.29) is 6.04 Å². The van der Waals surface area contributed by atoms with E-state index in [9.17, 15) is 0 Å². The molecule has 0 saturated heterocycles. The molecule has 2 aromatic rings. The van der Waals surface area contributed by atoms with Crippen LogP contribution in [0.2, 0.25) is 5.02 Å². The summed E-state index contributed by atoms with van der Waals surface area (Å²) in [6.45, 7) is 6.30. The van der Waals surface area contributed by atoms with Crippen LogP contribution >= 0.6 is 11.6 Å². The minimum Gasteiger partial charge on any atom is -0.344 e. The van der Waals surface area contributed by atoms with Gasteiger partial charge in [-0.1, -0.05) is 44.0 Å². The van der Waals surface area contributed by atoms with E-state index in [2.05, 4.69) is 23.8 Å². The van der Waals surface area contributed by atoms with Gasteiger partial charge in [0.2, 0.25) is 0 Å². The first-order valence-corrected chi connectivity index (χ1v) is 6.98. The van der Waals surface area contributed by atoms with Crippen LogP contribution in [-0.2, 0) is 0 Å². The van der Waals surface area contributed by atoms with Crippen molar-refractivity contribution in [1.29, 1.82) is 0 Å². The number of H-pyrrole nitrogens is 1. The molecule has 2 rings (SSSR count). The van der Waals surface area contributed by atoms with Crippen LogP contribution < -0.4 is 5.73 Å². The lowest BCUT2D eigenvalue weighted by Crippen LogP contribution is -2.19. The molecule has 0 bridgehead atoms. The molecule has 19 heavy (non-hydrogen) atoms.